The predicted molar refractivity (Wildman–Crippen MR) is 113 cm³/mol. The Labute approximate surface area is 172 Å². The number of sulfonamides is 1. The van der Waals surface area contributed by atoms with Crippen LogP contribution in [0.1, 0.15) is 38.2 Å². The molecule has 7 nitrogen and oxygen atoms in total. The van der Waals surface area contributed by atoms with Crippen molar-refractivity contribution in [3.05, 3.63) is 48.3 Å². The number of aryl methyl sites for hydroxylation is 1. The number of nitrogens with one attached hydrogen (secondary N) is 1. The van der Waals surface area contributed by atoms with E-state index < -0.39 is 16.1 Å². The highest BCUT2D eigenvalue weighted by Crippen LogP contribution is 2.28. The van der Waals surface area contributed by atoms with Gasteiger partial charge >= 0.3 is 0 Å². The van der Waals surface area contributed by atoms with Crippen LogP contribution in [0.2, 0.25) is 0 Å². The Hall–Kier alpha value is -2.45. The predicted octanol–water partition coefficient (Wildman–Crippen LogP) is 3.72. The molecule has 1 fully saturated rings. The van der Waals surface area contributed by atoms with E-state index in [1.165, 1.54) is 4.31 Å². The van der Waals surface area contributed by atoms with Crippen LogP contribution in [0, 0.1) is 6.92 Å². The lowest BCUT2D eigenvalue weighted by Gasteiger charge is -2.33. The van der Waals surface area contributed by atoms with Crippen LogP contribution in [0.25, 0.3) is 0 Å². The van der Waals surface area contributed by atoms with Crippen LogP contribution in [-0.2, 0) is 14.8 Å². The maximum absolute atomic E-state index is 12.9. The molecule has 1 unspecified atom stereocenters. The molecule has 1 aliphatic rings. The number of pyridine rings is 1. The lowest BCUT2D eigenvalue weighted by atomic mass is 10.0. The molecule has 2 heterocycles. The summed E-state index contributed by atoms with van der Waals surface area (Å²) in [6, 6.07) is 8.30. The van der Waals surface area contributed by atoms with Crippen LogP contribution in [0.15, 0.2) is 42.7 Å². The molecular formula is C21H27N3O4S. The normalized spacial score (nSPS) is 17.7. The van der Waals surface area contributed by atoms with E-state index in [-0.39, 0.29) is 11.7 Å². The second kappa shape index (κ2) is 9.37. The molecule has 8 heteroatoms. The van der Waals surface area contributed by atoms with Crippen molar-refractivity contribution in [2.75, 3.05) is 17.6 Å². The minimum Gasteiger partial charge on any atom is -0.455 e. The van der Waals surface area contributed by atoms with Crippen LogP contribution in [-0.4, -0.2) is 42.0 Å². The van der Waals surface area contributed by atoms with Gasteiger partial charge in [-0.1, -0.05) is 13.3 Å². The molecule has 29 heavy (non-hydrogen) atoms. The summed E-state index contributed by atoms with van der Waals surface area (Å²) in [5, 5.41) is 2.87. The second-order valence-corrected chi connectivity index (χ2v) is 9.24. The van der Waals surface area contributed by atoms with Gasteiger partial charge in [0.2, 0.25) is 15.9 Å². The lowest BCUT2D eigenvalue weighted by Crippen LogP contribution is -2.50. The van der Waals surface area contributed by atoms with Gasteiger partial charge in [-0.25, -0.2) is 8.42 Å². The molecule has 156 valence electrons. The van der Waals surface area contributed by atoms with Crippen molar-refractivity contribution in [2.24, 2.45) is 0 Å². The number of aromatic nitrogens is 1. The summed E-state index contributed by atoms with van der Waals surface area (Å²) < 4.78 is 32.3. The third-order valence-electron chi connectivity index (χ3n) is 4.88. The number of carbonyl (C=O) groups excluding carboxylic acids is 1. The first-order valence-electron chi connectivity index (χ1n) is 9.89. The van der Waals surface area contributed by atoms with E-state index in [0.717, 1.165) is 18.4 Å². The number of benzene rings is 1. The van der Waals surface area contributed by atoms with Gasteiger partial charge in [0.25, 0.3) is 0 Å². The van der Waals surface area contributed by atoms with Crippen LogP contribution < -0.4 is 10.1 Å². The highest BCUT2D eigenvalue weighted by molar-refractivity contribution is 7.89. The summed E-state index contributed by atoms with van der Waals surface area (Å²) in [7, 11) is -3.42. The zero-order chi connectivity index (χ0) is 20.9. The first kappa shape index (κ1) is 21.3. The van der Waals surface area contributed by atoms with E-state index in [9.17, 15) is 13.2 Å². The van der Waals surface area contributed by atoms with Gasteiger partial charge in [0, 0.05) is 18.4 Å². The van der Waals surface area contributed by atoms with Crippen LogP contribution in [0.3, 0.4) is 0 Å². The standard InChI is InChI=1S/C21H27N3O4S/c1-3-13-29(26,27)24-12-5-4-8-19(24)21(25)23-17-9-10-20(16(2)14-17)28-18-7-6-11-22-15-18/h6-7,9-11,14-15,19H,3-5,8,12-13H2,1-2H3,(H,23,25). The lowest BCUT2D eigenvalue weighted by molar-refractivity contribution is -0.120. The van der Waals surface area contributed by atoms with Crippen molar-refractivity contribution in [1.29, 1.82) is 0 Å². The topological polar surface area (TPSA) is 88.6 Å². The fraction of sp³-hybridized carbons (Fsp3) is 0.429. The first-order chi connectivity index (χ1) is 13.9. The van der Waals surface area contributed by atoms with Crippen molar-refractivity contribution in [3.63, 3.8) is 0 Å². The molecule has 1 saturated heterocycles. The van der Waals surface area contributed by atoms with Crippen LogP contribution in [0.4, 0.5) is 5.69 Å². The maximum atomic E-state index is 12.9. The Balaban J connectivity index is 1.71. The first-order valence-corrected chi connectivity index (χ1v) is 11.5. The summed E-state index contributed by atoms with van der Waals surface area (Å²) in [6.07, 6.45) is 6.00. The number of rotatable bonds is 7. The fourth-order valence-electron chi connectivity index (χ4n) is 3.48. The SMILES string of the molecule is CCCS(=O)(=O)N1CCCCC1C(=O)Nc1ccc(Oc2cccnc2)c(C)c1. The second-order valence-electron chi connectivity index (χ2n) is 7.20. The quantitative estimate of drug-likeness (QED) is 0.742. The van der Waals surface area contributed by atoms with Gasteiger partial charge in [0.15, 0.2) is 0 Å². The van der Waals surface area contributed by atoms with Gasteiger partial charge in [0.1, 0.15) is 17.5 Å². The van der Waals surface area contributed by atoms with E-state index in [4.69, 9.17) is 4.74 Å². The molecule has 1 atom stereocenters. The number of nitrogens with zero attached hydrogens (tertiary/aromatic N) is 2. The number of carbonyl (C=O) groups is 1. The van der Waals surface area contributed by atoms with Crippen molar-refractivity contribution >= 4 is 21.6 Å². The maximum Gasteiger partial charge on any atom is 0.242 e. The monoisotopic (exact) mass is 417 g/mol. The highest BCUT2D eigenvalue weighted by atomic mass is 32.2. The Morgan fingerprint density at radius 2 is 2.14 bits per heavy atom. The molecule has 0 saturated carbocycles. The molecule has 0 radical (unpaired) electrons. The van der Waals surface area contributed by atoms with Crippen molar-refractivity contribution in [1.82, 2.24) is 9.29 Å². The smallest absolute Gasteiger partial charge is 0.242 e. The van der Waals surface area contributed by atoms with E-state index in [1.807, 2.05) is 26.0 Å². The third-order valence-corrected chi connectivity index (χ3v) is 6.96. The third kappa shape index (κ3) is 5.33. The Morgan fingerprint density at radius 1 is 1.31 bits per heavy atom. The molecule has 0 spiro atoms. The average molecular weight is 418 g/mol. The molecule has 1 amide bonds. The van der Waals surface area contributed by atoms with Gasteiger partial charge in [-0.3, -0.25) is 9.78 Å². The summed E-state index contributed by atoms with van der Waals surface area (Å²) in [5.74, 6) is 1.08. The zero-order valence-corrected chi connectivity index (χ0v) is 17.6. The Kier molecular flexibility index (Phi) is 6.87. The van der Waals surface area contributed by atoms with Crippen molar-refractivity contribution < 1.29 is 17.9 Å². The Bertz CT molecular complexity index is 948. The number of hydrogen-bond acceptors (Lipinski definition) is 5. The molecule has 3 rings (SSSR count). The van der Waals surface area contributed by atoms with Crippen molar-refractivity contribution in [2.45, 2.75) is 45.6 Å². The number of hydrogen-bond donors (Lipinski definition) is 1. The van der Waals surface area contributed by atoms with Gasteiger partial charge < -0.3 is 10.1 Å². The van der Waals surface area contributed by atoms with E-state index in [0.29, 0.717) is 36.6 Å². The highest BCUT2D eigenvalue weighted by Gasteiger charge is 2.36. The number of anilines is 1. The fourth-order valence-corrected chi connectivity index (χ4v) is 5.22. The molecular weight excluding hydrogens is 390 g/mol. The molecule has 2 aromatic rings. The number of piperidine rings is 1. The Morgan fingerprint density at radius 3 is 2.83 bits per heavy atom. The van der Waals surface area contributed by atoms with Gasteiger partial charge in [0.05, 0.1) is 11.9 Å². The molecule has 1 aromatic heterocycles. The summed E-state index contributed by atoms with van der Waals surface area (Å²) in [5.41, 5.74) is 1.47. The zero-order valence-electron chi connectivity index (χ0n) is 16.8. The van der Waals surface area contributed by atoms with E-state index >= 15 is 0 Å². The molecule has 1 aliphatic heterocycles. The van der Waals surface area contributed by atoms with Gasteiger partial charge in [-0.05, 0) is 62.1 Å². The van der Waals surface area contributed by atoms with Crippen molar-refractivity contribution in [3.8, 4) is 11.5 Å². The van der Waals surface area contributed by atoms with Crippen LogP contribution >= 0.6 is 0 Å². The van der Waals surface area contributed by atoms with E-state index in [2.05, 4.69) is 10.3 Å². The molecule has 0 aliphatic carbocycles. The molecule has 0 bridgehead atoms. The van der Waals surface area contributed by atoms with E-state index in [1.54, 1.807) is 30.6 Å². The van der Waals surface area contributed by atoms with Gasteiger partial charge in [-0.15, -0.1) is 0 Å². The summed E-state index contributed by atoms with van der Waals surface area (Å²) in [6.45, 7) is 4.12. The molecule has 1 N–H and O–H groups in total. The number of amides is 1. The average Bonchev–Trinajstić information content (AvgIpc) is 2.71. The number of ether oxygens (including phenoxy) is 1. The largest absolute Gasteiger partial charge is 0.455 e. The van der Waals surface area contributed by atoms with Gasteiger partial charge in [-0.2, -0.15) is 4.31 Å². The minimum absolute atomic E-state index is 0.0657. The summed E-state index contributed by atoms with van der Waals surface area (Å²) in [4.78, 5) is 16.9. The summed E-state index contributed by atoms with van der Waals surface area (Å²) >= 11 is 0. The minimum atomic E-state index is -3.42. The molecule has 1 aromatic carbocycles. The van der Waals surface area contributed by atoms with Crippen LogP contribution in [0.5, 0.6) is 11.5 Å².